The zero-order valence-electron chi connectivity index (χ0n) is 16.8. The van der Waals surface area contributed by atoms with E-state index in [4.69, 9.17) is 9.47 Å². The van der Waals surface area contributed by atoms with E-state index in [1.54, 1.807) is 12.4 Å². The number of rotatable bonds is 6. The number of aromatic nitrogens is 2. The Labute approximate surface area is 171 Å². The first kappa shape index (κ1) is 19.6. The third-order valence-corrected chi connectivity index (χ3v) is 5.64. The molecule has 2 fully saturated rings. The highest BCUT2D eigenvalue weighted by molar-refractivity contribution is 5.79. The van der Waals surface area contributed by atoms with E-state index in [0.29, 0.717) is 12.4 Å². The van der Waals surface area contributed by atoms with Gasteiger partial charge in [0.2, 0.25) is 5.91 Å². The highest BCUT2D eigenvalue weighted by Gasteiger charge is 2.28. The monoisotopic (exact) mass is 396 g/mol. The van der Waals surface area contributed by atoms with Crippen LogP contribution in [0, 0.1) is 12.8 Å². The first-order chi connectivity index (χ1) is 14.2. The average Bonchev–Trinajstić information content (AvgIpc) is 3.28. The maximum atomic E-state index is 12.5. The van der Waals surface area contributed by atoms with E-state index in [1.165, 1.54) is 0 Å². The molecule has 0 radical (unpaired) electrons. The molecule has 3 heterocycles. The molecule has 2 aliphatic rings. The molecule has 154 valence electrons. The lowest BCUT2D eigenvalue weighted by Crippen LogP contribution is -2.42. The maximum absolute atomic E-state index is 12.5. The van der Waals surface area contributed by atoms with Crippen molar-refractivity contribution in [3.63, 3.8) is 0 Å². The van der Waals surface area contributed by atoms with Crippen LogP contribution in [0.25, 0.3) is 0 Å². The van der Waals surface area contributed by atoms with Gasteiger partial charge in [0, 0.05) is 44.6 Å². The normalized spacial score (nSPS) is 19.9. The van der Waals surface area contributed by atoms with Crippen LogP contribution in [0.2, 0.25) is 0 Å². The minimum absolute atomic E-state index is 0.0325. The predicted octanol–water partition coefficient (Wildman–Crippen LogP) is 3.09. The first-order valence-corrected chi connectivity index (χ1v) is 10.4. The number of amides is 1. The molecule has 1 aromatic heterocycles. The number of aryl methyl sites for hydroxylation is 1. The molecule has 0 bridgehead atoms. The number of anilines is 1. The molecule has 2 saturated heterocycles. The lowest BCUT2D eigenvalue weighted by molar-refractivity contribution is -0.126. The Kier molecular flexibility index (Phi) is 6.24. The highest BCUT2D eigenvalue weighted by Crippen LogP contribution is 2.32. The van der Waals surface area contributed by atoms with Crippen LogP contribution in [-0.4, -0.2) is 48.2 Å². The predicted molar refractivity (Wildman–Crippen MR) is 110 cm³/mol. The second-order valence-corrected chi connectivity index (χ2v) is 7.69. The Morgan fingerprint density at radius 1 is 1.21 bits per heavy atom. The molecular weight excluding hydrogens is 368 g/mol. The number of carbonyl (C=O) groups excluding carboxylic acids is 1. The van der Waals surface area contributed by atoms with Crippen LogP contribution < -0.4 is 15.0 Å². The van der Waals surface area contributed by atoms with Crippen LogP contribution in [0.3, 0.4) is 0 Å². The fourth-order valence-electron chi connectivity index (χ4n) is 3.90. The Morgan fingerprint density at radius 2 is 2.00 bits per heavy atom. The summed E-state index contributed by atoms with van der Waals surface area (Å²) in [5.41, 5.74) is 1.05. The molecule has 1 amide bonds. The van der Waals surface area contributed by atoms with E-state index in [-0.39, 0.29) is 17.9 Å². The second kappa shape index (κ2) is 9.22. The number of nitrogens with zero attached hydrogens (tertiary/aromatic N) is 3. The SMILES string of the molecule is Cc1ccccc1Oc1nccnc1N1CCC(C(=O)NCC2CCCO2)CC1. The Morgan fingerprint density at radius 3 is 2.76 bits per heavy atom. The van der Waals surface area contributed by atoms with Gasteiger partial charge in [-0.1, -0.05) is 18.2 Å². The quantitative estimate of drug-likeness (QED) is 0.809. The molecule has 7 nitrogen and oxygen atoms in total. The summed E-state index contributed by atoms with van der Waals surface area (Å²) < 4.78 is 11.6. The molecule has 1 aromatic carbocycles. The molecule has 2 aliphatic heterocycles. The number of carbonyl (C=O) groups is 1. The molecule has 0 saturated carbocycles. The van der Waals surface area contributed by atoms with Gasteiger partial charge in [0.15, 0.2) is 5.82 Å². The van der Waals surface area contributed by atoms with Crippen LogP contribution in [0.5, 0.6) is 11.6 Å². The molecule has 1 atom stereocenters. The molecule has 0 spiro atoms. The van der Waals surface area contributed by atoms with Gasteiger partial charge in [-0.15, -0.1) is 0 Å². The Bertz CT molecular complexity index is 830. The molecule has 7 heteroatoms. The average molecular weight is 396 g/mol. The largest absolute Gasteiger partial charge is 0.436 e. The second-order valence-electron chi connectivity index (χ2n) is 7.69. The lowest BCUT2D eigenvalue weighted by Gasteiger charge is -2.32. The molecule has 1 N–H and O–H groups in total. The van der Waals surface area contributed by atoms with E-state index < -0.39 is 0 Å². The molecule has 2 aromatic rings. The number of benzene rings is 1. The van der Waals surface area contributed by atoms with Crippen molar-refractivity contribution in [2.75, 3.05) is 31.1 Å². The van der Waals surface area contributed by atoms with Crippen LogP contribution >= 0.6 is 0 Å². The topological polar surface area (TPSA) is 76.6 Å². The van der Waals surface area contributed by atoms with Crippen LogP contribution in [0.1, 0.15) is 31.2 Å². The van der Waals surface area contributed by atoms with Gasteiger partial charge in [0.1, 0.15) is 5.75 Å². The summed E-state index contributed by atoms with van der Waals surface area (Å²) in [5, 5.41) is 3.06. The van der Waals surface area contributed by atoms with Gasteiger partial charge >= 0.3 is 0 Å². The Hall–Kier alpha value is -2.67. The van der Waals surface area contributed by atoms with Gasteiger partial charge in [-0.05, 0) is 44.2 Å². The van der Waals surface area contributed by atoms with Crippen LogP contribution in [0.15, 0.2) is 36.7 Å². The third kappa shape index (κ3) is 4.85. The minimum atomic E-state index is 0.0325. The third-order valence-electron chi connectivity index (χ3n) is 5.64. The number of hydrogen-bond acceptors (Lipinski definition) is 6. The standard InChI is InChI=1S/C22H28N4O3/c1-16-5-2-3-7-19(16)29-22-20(23-10-11-24-22)26-12-8-17(9-13-26)21(27)25-15-18-6-4-14-28-18/h2-3,5,7,10-11,17-18H,4,6,8-9,12-15H2,1H3,(H,25,27). The number of hydrogen-bond donors (Lipinski definition) is 1. The van der Waals surface area contributed by atoms with Crippen molar-refractivity contribution in [3.05, 3.63) is 42.2 Å². The maximum Gasteiger partial charge on any atom is 0.263 e. The van der Waals surface area contributed by atoms with Gasteiger partial charge < -0.3 is 19.7 Å². The summed E-state index contributed by atoms with van der Waals surface area (Å²) in [7, 11) is 0. The summed E-state index contributed by atoms with van der Waals surface area (Å²) in [6, 6.07) is 7.86. The fraction of sp³-hybridized carbons (Fsp3) is 0.500. The number of nitrogens with one attached hydrogen (secondary N) is 1. The van der Waals surface area contributed by atoms with Crippen LogP contribution in [0.4, 0.5) is 5.82 Å². The van der Waals surface area contributed by atoms with E-state index in [0.717, 1.165) is 62.5 Å². The van der Waals surface area contributed by atoms with Crippen LogP contribution in [-0.2, 0) is 9.53 Å². The van der Waals surface area contributed by atoms with Gasteiger partial charge in [-0.3, -0.25) is 4.79 Å². The molecule has 29 heavy (non-hydrogen) atoms. The molecule has 0 aliphatic carbocycles. The molecular formula is C22H28N4O3. The van der Waals surface area contributed by atoms with Crippen molar-refractivity contribution in [2.24, 2.45) is 5.92 Å². The number of para-hydroxylation sites is 1. The van der Waals surface area contributed by atoms with Gasteiger partial charge in [-0.25, -0.2) is 9.97 Å². The smallest absolute Gasteiger partial charge is 0.263 e. The zero-order chi connectivity index (χ0) is 20.1. The van der Waals surface area contributed by atoms with E-state index >= 15 is 0 Å². The van der Waals surface area contributed by atoms with Crippen molar-refractivity contribution < 1.29 is 14.3 Å². The number of piperidine rings is 1. The Balaban J connectivity index is 1.35. The summed E-state index contributed by atoms with van der Waals surface area (Å²) in [4.78, 5) is 23.6. The van der Waals surface area contributed by atoms with Crippen molar-refractivity contribution in [2.45, 2.75) is 38.7 Å². The van der Waals surface area contributed by atoms with E-state index in [2.05, 4.69) is 20.2 Å². The van der Waals surface area contributed by atoms with Crippen molar-refractivity contribution in [1.82, 2.24) is 15.3 Å². The minimum Gasteiger partial charge on any atom is -0.436 e. The molecule has 1 unspecified atom stereocenters. The fourth-order valence-corrected chi connectivity index (χ4v) is 3.90. The summed E-state index contributed by atoms with van der Waals surface area (Å²) in [5.74, 6) is 2.18. The van der Waals surface area contributed by atoms with E-state index in [9.17, 15) is 4.79 Å². The number of ether oxygens (including phenoxy) is 2. The summed E-state index contributed by atoms with van der Waals surface area (Å²) >= 11 is 0. The van der Waals surface area contributed by atoms with Gasteiger partial charge in [0.05, 0.1) is 6.10 Å². The zero-order valence-corrected chi connectivity index (χ0v) is 16.8. The van der Waals surface area contributed by atoms with E-state index in [1.807, 2.05) is 31.2 Å². The lowest BCUT2D eigenvalue weighted by atomic mass is 9.96. The van der Waals surface area contributed by atoms with Gasteiger partial charge in [-0.2, -0.15) is 0 Å². The van der Waals surface area contributed by atoms with Crippen molar-refractivity contribution in [3.8, 4) is 11.6 Å². The highest BCUT2D eigenvalue weighted by atomic mass is 16.5. The summed E-state index contributed by atoms with van der Waals surface area (Å²) in [6.07, 6.45) is 7.21. The van der Waals surface area contributed by atoms with Gasteiger partial charge in [0.25, 0.3) is 5.88 Å². The summed E-state index contributed by atoms with van der Waals surface area (Å²) in [6.45, 7) is 4.94. The first-order valence-electron chi connectivity index (χ1n) is 10.4. The van der Waals surface area contributed by atoms with Crippen molar-refractivity contribution in [1.29, 1.82) is 0 Å². The van der Waals surface area contributed by atoms with Crippen molar-refractivity contribution >= 4 is 11.7 Å². The molecule has 4 rings (SSSR count).